The maximum absolute atomic E-state index is 6.38. The molecule has 128 valence electrons. The summed E-state index contributed by atoms with van der Waals surface area (Å²) in [4.78, 5) is 2.66. The largest absolute Gasteiger partial charge is 0.369 e. The Kier molecular flexibility index (Phi) is 6.13. The smallest absolute Gasteiger partial charge is 0.106 e. The van der Waals surface area contributed by atoms with Crippen molar-refractivity contribution in [2.24, 2.45) is 0 Å². The molecule has 0 saturated carbocycles. The van der Waals surface area contributed by atoms with Crippen LogP contribution in [0.1, 0.15) is 69.4 Å². The second-order valence-electron chi connectivity index (χ2n) is 7.40. The quantitative estimate of drug-likeness (QED) is 0.663. The van der Waals surface area contributed by atoms with Crippen molar-refractivity contribution in [3.63, 3.8) is 0 Å². The predicted octanol–water partition coefficient (Wildman–Crippen LogP) is 4.91. The molecule has 3 rings (SSSR count). The van der Waals surface area contributed by atoms with Crippen molar-refractivity contribution in [3.05, 3.63) is 35.4 Å². The van der Waals surface area contributed by atoms with Crippen LogP contribution < -0.4 is 0 Å². The summed E-state index contributed by atoms with van der Waals surface area (Å²) in [6, 6.07) is 8.96. The average Bonchev–Trinajstić information content (AvgIpc) is 2.59. The minimum atomic E-state index is -0.0185. The molecule has 1 aromatic rings. The lowest BCUT2D eigenvalue weighted by Gasteiger charge is -2.46. The highest BCUT2D eigenvalue weighted by Gasteiger charge is 2.41. The average molecular weight is 316 g/mol. The van der Waals surface area contributed by atoms with Crippen LogP contribution in [0.25, 0.3) is 0 Å². The van der Waals surface area contributed by atoms with E-state index in [-0.39, 0.29) is 5.60 Å². The number of piperidine rings is 1. The molecule has 1 atom stereocenters. The molecular weight excluding hydrogens is 282 g/mol. The van der Waals surface area contributed by atoms with Crippen LogP contribution in [0.5, 0.6) is 0 Å². The van der Waals surface area contributed by atoms with Gasteiger partial charge in [-0.25, -0.2) is 0 Å². The van der Waals surface area contributed by atoms with Crippen molar-refractivity contribution >= 4 is 0 Å². The van der Waals surface area contributed by atoms with Gasteiger partial charge in [0.2, 0.25) is 0 Å². The van der Waals surface area contributed by atoms with Gasteiger partial charge in [-0.05, 0) is 49.9 Å². The standard InChI is InChI=1S/C21H33NO/c1-2-3-4-5-6-9-15-22-16-10-14-21(18-22)20-12-8-7-11-19(20)13-17-23-21/h7-8,11-12H,2-6,9-10,13-18H2,1H3. The van der Waals surface area contributed by atoms with E-state index in [2.05, 4.69) is 36.1 Å². The molecule has 2 heterocycles. The van der Waals surface area contributed by atoms with E-state index in [4.69, 9.17) is 4.74 Å². The Morgan fingerprint density at radius 3 is 2.83 bits per heavy atom. The molecule has 0 radical (unpaired) electrons. The summed E-state index contributed by atoms with van der Waals surface area (Å²) in [7, 11) is 0. The van der Waals surface area contributed by atoms with Gasteiger partial charge in [0, 0.05) is 6.54 Å². The summed E-state index contributed by atoms with van der Waals surface area (Å²) >= 11 is 0. The molecule has 1 fully saturated rings. The van der Waals surface area contributed by atoms with E-state index in [1.165, 1.54) is 75.6 Å². The summed E-state index contributed by atoms with van der Waals surface area (Å²) in [5, 5.41) is 0. The van der Waals surface area contributed by atoms with E-state index in [0.29, 0.717) is 0 Å². The van der Waals surface area contributed by atoms with Crippen LogP contribution in [-0.4, -0.2) is 31.1 Å². The molecule has 0 aliphatic carbocycles. The van der Waals surface area contributed by atoms with Crippen molar-refractivity contribution in [1.82, 2.24) is 4.90 Å². The predicted molar refractivity (Wildman–Crippen MR) is 96.8 cm³/mol. The molecule has 2 aliphatic rings. The Bertz CT molecular complexity index is 486. The zero-order chi connectivity index (χ0) is 16.0. The van der Waals surface area contributed by atoms with E-state index >= 15 is 0 Å². The normalized spacial score (nSPS) is 24.7. The van der Waals surface area contributed by atoms with E-state index < -0.39 is 0 Å². The zero-order valence-electron chi connectivity index (χ0n) is 14.9. The van der Waals surface area contributed by atoms with Crippen LogP contribution in [-0.2, 0) is 16.8 Å². The minimum Gasteiger partial charge on any atom is -0.369 e. The Labute approximate surface area is 142 Å². The number of rotatable bonds is 7. The number of nitrogens with zero attached hydrogens (tertiary/aromatic N) is 1. The number of fused-ring (bicyclic) bond motifs is 2. The third-order valence-electron chi connectivity index (χ3n) is 5.62. The van der Waals surface area contributed by atoms with Gasteiger partial charge >= 0.3 is 0 Å². The van der Waals surface area contributed by atoms with Gasteiger partial charge in [0.05, 0.1) is 6.61 Å². The van der Waals surface area contributed by atoms with Crippen LogP contribution in [0.3, 0.4) is 0 Å². The first-order valence-electron chi connectivity index (χ1n) is 9.79. The molecule has 0 amide bonds. The third-order valence-corrected chi connectivity index (χ3v) is 5.62. The number of unbranched alkanes of at least 4 members (excludes halogenated alkanes) is 5. The summed E-state index contributed by atoms with van der Waals surface area (Å²) in [6.07, 6.45) is 11.8. The van der Waals surface area contributed by atoms with Crippen molar-refractivity contribution in [2.45, 2.75) is 70.3 Å². The van der Waals surface area contributed by atoms with Gasteiger partial charge in [-0.1, -0.05) is 63.3 Å². The van der Waals surface area contributed by atoms with Crippen molar-refractivity contribution in [1.29, 1.82) is 0 Å². The number of likely N-dealkylation sites (tertiary alicyclic amines) is 1. The first-order valence-corrected chi connectivity index (χ1v) is 9.79. The second kappa shape index (κ2) is 8.30. The summed E-state index contributed by atoms with van der Waals surface area (Å²) in [5.41, 5.74) is 2.97. The Morgan fingerprint density at radius 1 is 1.09 bits per heavy atom. The first-order chi connectivity index (χ1) is 11.3. The fourth-order valence-corrected chi connectivity index (χ4v) is 4.37. The molecule has 2 heteroatoms. The fourth-order valence-electron chi connectivity index (χ4n) is 4.37. The Balaban J connectivity index is 1.54. The van der Waals surface area contributed by atoms with Crippen molar-refractivity contribution < 1.29 is 4.74 Å². The molecule has 23 heavy (non-hydrogen) atoms. The van der Waals surface area contributed by atoms with Crippen LogP contribution in [0.4, 0.5) is 0 Å². The number of hydrogen-bond donors (Lipinski definition) is 0. The van der Waals surface area contributed by atoms with E-state index in [1.54, 1.807) is 0 Å². The number of hydrogen-bond acceptors (Lipinski definition) is 2. The molecule has 2 aliphatic heterocycles. The molecule has 0 aromatic heterocycles. The highest BCUT2D eigenvalue weighted by molar-refractivity contribution is 5.35. The molecule has 1 saturated heterocycles. The molecule has 1 spiro atoms. The third kappa shape index (κ3) is 4.16. The topological polar surface area (TPSA) is 12.5 Å². The first kappa shape index (κ1) is 17.0. The lowest BCUT2D eigenvalue weighted by atomic mass is 9.80. The molecule has 0 bridgehead atoms. The van der Waals surface area contributed by atoms with Gasteiger partial charge in [0.1, 0.15) is 5.60 Å². The fraction of sp³-hybridized carbons (Fsp3) is 0.714. The molecule has 2 nitrogen and oxygen atoms in total. The molecule has 0 N–H and O–H groups in total. The van der Waals surface area contributed by atoms with E-state index in [0.717, 1.165) is 19.6 Å². The van der Waals surface area contributed by atoms with Crippen molar-refractivity contribution in [2.75, 3.05) is 26.2 Å². The number of ether oxygens (including phenoxy) is 1. The monoisotopic (exact) mass is 315 g/mol. The van der Waals surface area contributed by atoms with E-state index in [9.17, 15) is 0 Å². The Hall–Kier alpha value is -0.860. The van der Waals surface area contributed by atoms with Gasteiger partial charge in [-0.15, -0.1) is 0 Å². The highest BCUT2D eigenvalue weighted by atomic mass is 16.5. The molecule has 1 unspecified atom stereocenters. The van der Waals surface area contributed by atoms with Crippen LogP contribution in [0.15, 0.2) is 24.3 Å². The summed E-state index contributed by atoms with van der Waals surface area (Å²) in [5.74, 6) is 0. The van der Waals surface area contributed by atoms with Gasteiger partial charge in [0.15, 0.2) is 0 Å². The van der Waals surface area contributed by atoms with Gasteiger partial charge in [-0.2, -0.15) is 0 Å². The SMILES string of the molecule is CCCCCCCCN1CCCC2(C1)OCCc1ccccc12. The zero-order valence-corrected chi connectivity index (χ0v) is 14.9. The van der Waals surface area contributed by atoms with Gasteiger partial charge in [0.25, 0.3) is 0 Å². The minimum absolute atomic E-state index is 0.0185. The lowest BCUT2D eigenvalue weighted by molar-refractivity contribution is -0.104. The van der Waals surface area contributed by atoms with E-state index in [1.807, 2.05) is 0 Å². The van der Waals surface area contributed by atoms with Crippen LogP contribution in [0, 0.1) is 0 Å². The molecule has 1 aromatic carbocycles. The maximum Gasteiger partial charge on any atom is 0.106 e. The van der Waals surface area contributed by atoms with Gasteiger partial charge in [-0.3, -0.25) is 0 Å². The second-order valence-corrected chi connectivity index (χ2v) is 7.40. The maximum atomic E-state index is 6.38. The van der Waals surface area contributed by atoms with Crippen LogP contribution >= 0.6 is 0 Å². The van der Waals surface area contributed by atoms with Gasteiger partial charge < -0.3 is 9.64 Å². The summed E-state index contributed by atoms with van der Waals surface area (Å²) in [6.45, 7) is 6.78. The Morgan fingerprint density at radius 2 is 1.91 bits per heavy atom. The summed E-state index contributed by atoms with van der Waals surface area (Å²) < 4.78 is 6.38. The van der Waals surface area contributed by atoms with Crippen LogP contribution in [0.2, 0.25) is 0 Å². The molecular formula is C21H33NO. The highest BCUT2D eigenvalue weighted by Crippen LogP contribution is 2.40. The number of benzene rings is 1. The lowest BCUT2D eigenvalue weighted by Crippen LogP contribution is -2.50. The van der Waals surface area contributed by atoms with Crippen molar-refractivity contribution in [3.8, 4) is 0 Å².